The van der Waals surface area contributed by atoms with Crippen LogP contribution in [0.3, 0.4) is 0 Å². The maximum Gasteiger partial charge on any atom is 0.266 e. The molecule has 0 radical (unpaired) electrons. The van der Waals surface area contributed by atoms with E-state index in [1.807, 2.05) is 32.9 Å². The highest BCUT2D eigenvalue weighted by molar-refractivity contribution is 5.63. The first kappa shape index (κ1) is 16.6. The van der Waals surface area contributed by atoms with Crippen LogP contribution >= 0.6 is 0 Å². The number of nitrogens with zero attached hydrogens (tertiary/aromatic N) is 5. The fraction of sp³-hybridized carbons (Fsp3) is 0.278. The molecule has 0 saturated heterocycles. The summed E-state index contributed by atoms with van der Waals surface area (Å²) in [7, 11) is 0. The minimum atomic E-state index is -0.404. The van der Waals surface area contributed by atoms with E-state index >= 15 is 0 Å². The Morgan fingerprint density at radius 3 is 2.72 bits per heavy atom. The molecule has 3 rings (SSSR count). The number of hydrogen-bond donors (Lipinski definition) is 1. The molecule has 0 unspecified atom stereocenters. The van der Waals surface area contributed by atoms with Crippen molar-refractivity contribution in [2.45, 2.75) is 33.6 Å². The summed E-state index contributed by atoms with van der Waals surface area (Å²) in [5.74, 6) is 1.42. The molecule has 0 fully saturated rings. The highest BCUT2D eigenvalue weighted by Gasteiger charge is 2.19. The van der Waals surface area contributed by atoms with Gasteiger partial charge in [-0.15, -0.1) is 0 Å². The van der Waals surface area contributed by atoms with Crippen molar-refractivity contribution in [3.63, 3.8) is 0 Å². The summed E-state index contributed by atoms with van der Waals surface area (Å²) < 4.78 is 1.74. The van der Waals surface area contributed by atoms with Crippen LogP contribution in [0.1, 0.15) is 42.4 Å². The first-order valence-corrected chi connectivity index (χ1v) is 7.94. The van der Waals surface area contributed by atoms with Gasteiger partial charge >= 0.3 is 0 Å². The van der Waals surface area contributed by atoms with Gasteiger partial charge in [0, 0.05) is 29.6 Å². The molecule has 7 heteroatoms. The highest BCUT2D eigenvalue weighted by Crippen LogP contribution is 2.26. The van der Waals surface area contributed by atoms with Crippen LogP contribution in [0.4, 0.5) is 0 Å². The lowest BCUT2D eigenvalue weighted by atomic mass is 10.1. The summed E-state index contributed by atoms with van der Waals surface area (Å²) in [6, 6.07) is 5.35. The van der Waals surface area contributed by atoms with Gasteiger partial charge in [0.15, 0.2) is 11.6 Å². The van der Waals surface area contributed by atoms with E-state index in [4.69, 9.17) is 0 Å². The van der Waals surface area contributed by atoms with Gasteiger partial charge in [-0.2, -0.15) is 10.4 Å². The van der Waals surface area contributed by atoms with Crippen LogP contribution in [0.15, 0.2) is 29.3 Å². The molecule has 0 saturated carbocycles. The Bertz CT molecular complexity index is 1040. The number of aromatic nitrogens is 5. The summed E-state index contributed by atoms with van der Waals surface area (Å²) in [5.41, 5.74) is 2.76. The smallest absolute Gasteiger partial charge is 0.266 e. The molecule has 0 spiro atoms. The molecule has 0 atom stereocenters. The predicted molar refractivity (Wildman–Crippen MR) is 93.5 cm³/mol. The van der Waals surface area contributed by atoms with Gasteiger partial charge in [-0.1, -0.05) is 13.8 Å². The van der Waals surface area contributed by atoms with Crippen LogP contribution in [0, 0.1) is 25.2 Å². The average molecular weight is 334 g/mol. The zero-order valence-electron chi connectivity index (χ0n) is 14.5. The second-order valence-corrected chi connectivity index (χ2v) is 6.18. The number of hydrogen-bond acceptors (Lipinski definition) is 5. The second kappa shape index (κ2) is 6.32. The number of nitriles is 1. The van der Waals surface area contributed by atoms with Crippen molar-refractivity contribution >= 4 is 0 Å². The quantitative estimate of drug-likeness (QED) is 0.793. The highest BCUT2D eigenvalue weighted by atomic mass is 16.1. The largest absolute Gasteiger partial charge is 0.325 e. The minimum Gasteiger partial charge on any atom is -0.325 e. The van der Waals surface area contributed by atoms with E-state index in [1.54, 1.807) is 30.1 Å². The zero-order valence-corrected chi connectivity index (χ0v) is 14.5. The SMILES string of the molecule is Cc1cnccc1-n1nc(C(C)C)nc1-c1cc(C#N)c(=O)[nH]c1C. The lowest BCUT2D eigenvalue weighted by molar-refractivity contribution is 0.752. The van der Waals surface area contributed by atoms with Gasteiger partial charge in [0.25, 0.3) is 5.56 Å². The number of H-pyrrole nitrogens is 1. The molecule has 0 amide bonds. The van der Waals surface area contributed by atoms with Crippen LogP contribution in [-0.2, 0) is 0 Å². The molecular formula is C18H18N6O. The monoisotopic (exact) mass is 334 g/mol. The van der Waals surface area contributed by atoms with Crippen molar-refractivity contribution in [1.29, 1.82) is 5.26 Å². The van der Waals surface area contributed by atoms with E-state index in [9.17, 15) is 10.1 Å². The Labute approximate surface area is 145 Å². The maximum atomic E-state index is 11.8. The summed E-state index contributed by atoms with van der Waals surface area (Å²) in [6.45, 7) is 7.77. The van der Waals surface area contributed by atoms with Crippen LogP contribution < -0.4 is 5.56 Å². The first-order valence-electron chi connectivity index (χ1n) is 7.94. The molecule has 3 heterocycles. The number of rotatable bonds is 3. The number of pyridine rings is 2. The number of nitrogens with one attached hydrogen (secondary N) is 1. The van der Waals surface area contributed by atoms with Gasteiger partial charge in [-0.3, -0.25) is 9.78 Å². The van der Waals surface area contributed by atoms with Gasteiger partial charge in [-0.25, -0.2) is 9.67 Å². The van der Waals surface area contributed by atoms with E-state index in [0.717, 1.165) is 11.3 Å². The van der Waals surface area contributed by atoms with Gasteiger partial charge < -0.3 is 4.98 Å². The third kappa shape index (κ3) is 2.94. The first-order chi connectivity index (χ1) is 11.9. The van der Waals surface area contributed by atoms with Gasteiger partial charge in [0.2, 0.25) is 0 Å². The lowest BCUT2D eigenvalue weighted by Crippen LogP contribution is -2.13. The van der Waals surface area contributed by atoms with Crippen LogP contribution in [-0.4, -0.2) is 24.7 Å². The van der Waals surface area contributed by atoms with Crippen molar-refractivity contribution in [2.75, 3.05) is 0 Å². The average Bonchev–Trinajstić information content (AvgIpc) is 3.00. The standard InChI is InChI=1S/C18H18N6O/c1-10(2)16-22-17(14-7-13(8-19)18(25)21-12(14)4)24(23-16)15-5-6-20-9-11(15)3/h5-7,9-10H,1-4H3,(H,21,25). The zero-order chi connectivity index (χ0) is 18.1. The van der Waals surface area contributed by atoms with Crippen molar-refractivity contribution < 1.29 is 0 Å². The lowest BCUT2D eigenvalue weighted by Gasteiger charge is -2.10. The summed E-state index contributed by atoms with van der Waals surface area (Å²) in [4.78, 5) is 23.3. The fourth-order valence-electron chi connectivity index (χ4n) is 2.56. The topological polar surface area (TPSA) is 100 Å². The van der Waals surface area contributed by atoms with E-state index in [2.05, 4.69) is 20.1 Å². The van der Waals surface area contributed by atoms with Crippen molar-refractivity contribution in [3.05, 3.63) is 57.5 Å². The molecule has 1 N–H and O–H groups in total. The van der Waals surface area contributed by atoms with Gasteiger partial charge in [0.1, 0.15) is 11.6 Å². The Balaban J connectivity index is 2.32. The van der Waals surface area contributed by atoms with E-state index in [-0.39, 0.29) is 11.5 Å². The molecule has 3 aromatic rings. The molecule has 7 nitrogen and oxygen atoms in total. The van der Waals surface area contributed by atoms with Gasteiger partial charge in [-0.05, 0) is 31.5 Å². The fourth-order valence-corrected chi connectivity index (χ4v) is 2.56. The summed E-state index contributed by atoms with van der Waals surface area (Å²) in [6.07, 6.45) is 3.46. The second-order valence-electron chi connectivity index (χ2n) is 6.18. The van der Waals surface area contributed by atoms with Crippen molar-refractivity contribution in [3.8, 4) is 23.1 Å². The summed E-state index contributed by atoms with van der Waals surface area (Å²) >= 11 is 0. The molecule has 0 aliphatic rings. The predicted octanol–water partition coefficient (Wildman–Crippen LogP) is 2.63. The molecule has 0 aliphatic heterocycles. The summed E-state index contributed by atoms with van der Waals surface area (Å²) in [5, 5.41) is 13.8. The Hall–Kier alpha value is -3.27. The van der Waals surface area contributed by atoms with Crippen molar-refractivity contribution in [2.24, 2.45) is 0 Å². The maximum absolute atomic E-state index is 11.8. The molecule has 126 valence electrons. The third-order valence-electron chi connectivity index (χ3n) is 3.96. The third-order valence-corrected chi connectivity index (χ3v) is 3.96. The van der Waals surface area contributed by atoms with Crippen LogP contribution in [0.25, 0.3) is 17.1 Å². The van der Waals surface area contributed by atoms with Gasteiger partial charge in [0.05, 0.1) is 5.69 Å². The molecule has 0 aromatic carbocycles. The molecular weight excluding hydrogens is 316 g/mol. The molecule has 0 aliphatic carbocycles. The molecule has 0 bridgehead atoms. The van der Waals surface area contributed by atoms with Crippen LogP contribution in [0.2, 0.25) is 0 Å². The van der Waals surface area contributed by atoms with E-state index in [1.165, 1.54) is 0 Å². The molecule has 3 aromatic heterocycles. The van der Waals surface area contributed by atoms with Crippen molar-refractivity contribution in [1.82, 2.24) is 24.7 Å². The normalized spacial score (nSPS) is 10.9. The number of aryl methyl sites for hydroxylation is 2. The number of aromatic amines is 1. The Morgan fingerprint density at radius 1 is 1.32 bits per heavy atom. The Morgan fingerprint density at radius 2 is 2.08 bits per heavy atom. The van der Waals surface area contributed by atoms with Crippen LogP contribution in [0.5, 0.6) is 0 Å². The molecule has 25 heavy (non-hydrogen) atoms. The minimum absolute atomic E-state index is 0.0488. The Kier molecular flexibility index (Phi) is 4.19. The van der Waals surface area contributed by atoms with E-state index < -0.39 is 5.56 Å². The van der Waals surface area contributed by atoms with E-state index in [0.29, 0.717) is 22.9 Å².